The lowest BCUT2D eigenvalue weighted by Gasteiger charge is -2.38. The Morgan fingerprint density at radius 3 is 2.57 bits per heavy atom. The van der Waals surface area contributed by atoms with E-state index >= 15 is 0 Å². The number of rotatable bonds is 2. The summed E-state index contributed by atoms with van der Waals surface area (Å²) in [6, 6.07) is 2.81. The Morgan fingerprint density at radius 2 is 2.00 bits per heavy atom. The van der Waals surface area contributed by atoms with Gasteiger partial charge in [0.05, 0.1) is 19.4 Å². The van der Waals surface area contributed by atoms with E-state index in [0.717, 1.165) is 31.9 Å². The highest BCUT2D eigenvalue weighted by atomic mass is 19.1. The van der Waals surface area contributed by atoms with E-state index in [2.05, 4.69) is 4.98 Å². The number of halogens is 1. The first-order valence-corrected chi connectivity index (χ1v) is 7.26. The number of carbonyl (C=O) groups excluding carboxylic acids is 1. The Hall–Kier alpha value is -1.53. The molecule has 1 aromatic rings. The summed E-state index contributed by atoms with van der Waals surface area (Å²) in [5.74, 6) is -1.04. The van der Waals surface area contributed by atoms with Crippen LogP contribution in [0, 0.1) is 5.82 Å². The molecule has 1 aromatic heterocycles. The zero-order valence-corrected chi connectivity index (χ0v) is 12.0. The van der Waals surface area contributed by atoms with Gasteiger partial charge >= 0.3 is 0 Å². The number of ether oxygens (including phenoxy) is 2. The van der Waals surface area contributed by atoms with E-state index < -0.39 is 11.6 Å². The van der Waals surface area contributed by atoms with Crippen molar-refractivity contribution in [1.29, 1.82) is 0 Å². The smallest absolute Gasteiger partial charge is 0.272 e. The van der Waals surface area contributed by atoms with Crippen LogP contribution in [0.2, 0.25) is 0 Å². The van der Waals surface area contributed by atoms with Gasteiger partial charge in [0, 0.05) is 25.9 Å². The molecule has 114 valence electrons. The zero-order chi connectivity index (χ0) is 14.9. The maximum absolute atomic E-state index is 12.9. The first kappa shape index (κ1) is 14.4. The molecule has 3 rings (SSSR count). The molecule has 0 aromatic carbocycles. The van der Waals surface area contributed by atoms with Crippen LogP contribution in [0.3, 0.4) is 0 Å². The summed E-state index contributed by atoms with van der Waals surface area (Å²) < 4.78 is 24.2. The second-order valence-corrected chi connectivity index (χ2v) is 5.62. The maximum atomic E-state index is 12.9. The van der Waals surface area contributed by atoms with Crippen LogP contribution < -0.4 is 0 Å². The van der Waals surface area contributed by atoms with E-state index in [-0.39, 0.29) is 17.6 Å². The van der Waals surface area contributed by atoms with E-state index in [1.165, 1.54) is 12.1 Å². The molecule has 1 saturated heterocycles. The van der Waals surface area contributed by atoms with Gasteiger partial charge in [-0.05, 0) is 25.0 Å². The summed E-state index contributed by atoms with van der Waals surface area (Å²) in [6.07, 6.45) is 4.34. The molecule has 1 aliphatic carbocycles. The Bertz CT molecular complexity index is 504. The molecule has 2 fully saturated rings. The lowest BCUT2D eigenvalue weighted by atomic mass is 9.89. The van der Waals surface area contributed by atoms with Gasteiger partial charge in [0.1, 0.15) is 11.5 Å². The predicted molar refractivity (Wildman–Crippen MR) is 73.2 cm³/mol. The minimum atomic E-state index is -0.440. The van der Waals surface area contributed by atoms with Gasteiger partial charge in [0.15, 0.2) is 5.79 Å². The van der Waals surface area contributed by atoms with Gasteiger partial charge < -0.3 is 14.4 Å². The standard InChI is InChI=1S/C15H19FN2O3/c1-18(14(19)13-3-2-11(16)10-17-13)12-4-6-15(7-5-12)20-8-9-21-15/h2-3,10,12H,4-9H2,1H3. The summed E-state index contributed by atoms with van der Waals surface area (Å²) in [5, 5.41) is 0. The molecule has 0 bridgehead atoms. The highest BCUT2D eigenvalue weighted by molar-refractivity contribution is 5.92. The van der Waals surface area contributed by atoms with Gasteiger partial charge in [-0.15, -0.1) is 0 Å². The van der Waals surface area contributed by atoms with Crippen LogP contribution >= 0.6 is 0 Å². The number of nitrogens with zero attached hydrogens (tertiary/aromatic N) is 2. The normalized spacial score (nSPS) is 21.6. The van der Waals surface area contributed by atoms with Crippen molar-refractivity contribution in [3.8, 4) is 0 Å². The molecule has 1 saturated carbocycles. The van der Waals surface area contributed by atoms with Crippen molar-refractivity contribution in [3.05, 3.63) is 29.8 Å². The van der Waals surface area contributed by atoms with Crippen molar-refractivity contribution in [3.63, 3.8) is 0 Å². The lowest BCUT2D eigenvalue weighted by molar-refractivity contribution is -0.182. The van der Waals surface area contributed by atoms with Crippen molar-refractivity contribution in [1.82, 2.24) is 9.88 Å². The first-order valence-electron chi connectivity index (χ1n) is 7.26. The van der Waals surface area contributed by atoms with Gasteiger partial charge in [-0.3, -0.25) is 4.79 Å². The van der Waals surface area contributed by atoms with E-state index in [9.17, 15) is 9.18 Å². The van der Waals surface area contributed by atoms with Gasteiger partial charge in [-0.1, -0.05) is 0 Å². The van der Waals surface area contributed by atoms with Crippen LogP contribution in [0.1, 0.15) is 36.2 Å². The largest absolute Gasteiger partial charge is 0.348 e. The lowest BCUT2D eigenvalue weighted by Crippen LogP contribution is -2.45. The van der Waals surface area contributed by atoms with Gasteiger partial charge in [-0.2, -0.15) is 0 Å². The second kappa shape index (κ2) is 5.69. The summed E-state index contributed by atoms with van der Waals surface area (Å²) in [7, 11) is 1.77. The quantitative estimate of drug-likeness (QED) is 0.837. The van der Waals surface area contributed by atoms with Crippen molar-refractivity contribution in [2.24, 2.45) is 0 Å². The Kier molecular flexibility index (Phi) is 3.91. The minimum Gasteiger partial charge on any atom is -0.348 e. The average Bonchev–Trinajstić information content (AvgIpc) is 2.96. The van der Waals surface area contributed by atoms with Crippen molar-refractivity contribution < 1.29 is 18.7 Å². The van der Waals surface area contributed by atoms with E-state index in [1.807, 2.05) is 0 Å². The average molecular weight is 294 g/mol. The molecule has 0 N–H and O–H groups in total. The highest BCUT2D eigenvalue weighted by Crippen LogP contribution is 2.37. The fourth-order valence-electron chi connectivity index (χ4n) is 3.06. The van der Waals surface area contributed by atoms with E-state index in [1.54, 1.807) is 11.9 Å². The molecule has 5 nitrogen and oxygen atoms in total. The number of hydrogen-bond donors (Lipinski definition) is 0. The molecular formula is C15H19FN2O3. The molecule has 1 spiro atoms. The summed E-state index contributed by atoms with van der Waals surface area (Å²) in [5.41, 5.74) is 0.271. The van der Waals surface area contributed by atoms with Crippen molar-refractivity contribution in [2.75, 3.05) is 20.3 Å². The number of aromatic nitrogens is 1. The zero-order valence-electron chi connectivity index (χ0n) is 12.0. The summed E-state index contributed by atoms with van der Waals surface area (Å²) in [6.45, 7) is 1.30. The molecule has 1 amide bonds. The third kappa shape index (κ3) is 2.91. The van der Waals surface area contributed by atoms with Crippen LogP contribution in [0.5, 0.6) is 0 Å². The topological polar surface area (TPSA) is 51.7 Å². The van der Waals surface area contributed by atoms with E-state index in [0.29, 0.717) is 13.2 Å². The summed E-state index contributed by atoms with van der Waals surface area (Å²) >= 11 is 0. The van der Waals surface area contributed by atoms with Crippen molar-refractivity contribution >= 4 is 5.91 Å². The van der Waals surface area contributed by atoms with Crippen molar-refractivity contribution in [2.45, 2.75) is 37.5 Å². The maximum Gasteiger partial charge on any atom is 0.272 e. The molecule has 6 heteroatoms. The molecule has 0 atom stereocenters. The molecule has 2 aliphatic rings. The Balaban J connectivity index is 1.62. The number of amides is 1. The van der Waals surface area contributed by atoms with Crippen LogP contribution in [0.15, 0.2) is 18.3 Å². The molecule has 2 heterocycles. The SMILES string of the molecule is CN(C(=O)c1ccc(F)cn1)C1CCC2(CC1)OCCO2. The fourth-order valence-corrected chi connectivity index (χ4v) is 3.06. The third-order valence-corrected chi connectivity index (χ3v) is 4.35. The fraction of sp³-hybridized carbons (Fsp3) is 0.600. The van der Waals surface area contributed by atoms with Gasteiger partial charge in [0.2, 0.25) is 0 Å². The highest BCUT2D eigenvalue weighted by Gasteiger charge is 2.41. The van der Waals surface area contributed by atoms with Gasteiger partial charge in [0.25, 0.3) is 5.91 Å². The summed E-state index contributed by atoms with van der Waals surface area (Å²) in [4.78, 5) is 17.9. The Morgan fingerprint density at radius 1 is 1.33 bits per heavy atom. The van der Waals surface area contributed by atoms with Crippen LogP contribution in [0.25, 0.3) is 0 Å². The first-order chi connectivity index (χ1) is 10.1. The monoisotopic (exact) mass is 294 g/mol. The van der Waals surface area contributed by atoms with Crippen LogP contribution in [0.4, 0.5) is 4.39 Å². The molecule has 1 aliphatic heterocycles. The molecule has 0 unspecified atom stereocenters. The second-order valence-electron chi connectivity index (χ2n) is 5.62. The predicted octanol–water partition coefficient (Wildman–Crippen LogP) is 1.98. The number of pyridine rings is 1. The molecule has 0 radical (unpaired) electrons. The van der Waals surface area contributed by atoms with E-state index in [4.69, 9.17) is 9.47 Å². The third-order valence-electron chi connectivity index (χ3n) is 4.35. The number of hydrogen-bond acceptors (Lipinski definition) is 4. The van der Waals surface area contributed by atoms with Crippen LogP contribution in [-0.4, -0.2) is 47.9 Å². The number of carbonyl (C=O) groups is 1. The van der Waals surface area contributed by atoms with Crippen LogP contribution in [-0.2, 0) is 9.47 Å². The minimum absolute atomic E-state index is 0.141. The Labute approximate surface area is 123 Å². The molecule has 21 heavy (non-hydrogen) atoms. The van der Waals surface area contributed by atoms with Gasteiger partial charge in [-0.25, -0.2) is 9.37 Å². The molecular weight excluding hydrogens is 275 g/mol.